The Morgan fingerprint density at radius 2 is 2.14 bits per heavy atom. The maximum absolute atomic E-state index is 11.9. The van der Waals surface area contributed by atoms with Crippen molar-refractivity contribution in [3.63, 3.8) is 0 Å². The number of carbonyl (C=O) groups excluding carboxylic acids is 1. The van der Waals surface area contributed by atoms with Gasteiger partial charge in [-0.15, -0.1) is 5.10 Å². The lowest BCUT2D eigenvalue weighted by Crippen LogP contribution is -2.22. The molecule has 0 saturated heterocycles. The molecule has 5 nitrogen and oxygen atoms in total. The van der Waals surface area contributed by atoms with Crippen molar-refractivity contribution in [2.45, 2.75) is 25.9 Å². The number of rotatable bonds is 5. The van der Waals surface area contributed by atoms with E-state index in [2.05, 4.69) is 15.2 Å². The van der Waals surface area contributed by atoms with Crippen LogP contribution in [0.3, 0.4) is 0 Å². The van der Waals surface area contributed by atoms with Crippen molar-refractivity contribution in [2.75, 3.05) is 12.9 Å². The number of hydrogen-bond acceptors (Lipinski definition) is 5. The molecule has 0 fully saturated rings. The summed E-state index contributed by atoms with van der Waals surface area (Å²) in [6.45, 7) is 5.70. The van der Waals surface area contributed by atoms with Crippen molar-refractivity contribution in [2.24, 2.45) is 5.41 Å². The molecule has 0 unspecified atom stereocenters. The summed E-state index contributed by atoms with van der Waals surface area (Å²) >= 11 is 7.33. The van der Waals surface area contributed by atoms with Gasteiger partial charge in [0.1, 0.15) is 11.5 Å². The molecule has 0 amide bonds. The van der Waals surface area contributed by atoms with Crippen molar-refractivity contribution in [3.8, 4) is 17.1 Å². The Morgan fingerprint density at radius 3 is 2.77 bits per heavy atom. The number of methoxy groups -OCH3 is 1. The maximum Gasteiger partial charge on any atom is 0.209 e. The fraction of sp³-hybridized carbons (Fsp3) is 0.400. The molecule has 118 valence electrons. The van der Waals surface area contributed by atoms with Gasteiger partial charge in [0, 0.05) is 10.4 Å². The minimum Gasteiger partial charge on any atom is -0.496 e. The summed E-state index contributed by atoms with van der Waals surface area (Å²) in [5, 5.41) is 8.09. The average Bonchev–Trinajstić information content (AvgIpc) is 2.92. The number of H-pyrrole nitrogens is 1. The number of nitrogens with zero attached hydrogens (tertiary/aromatic N) is 2. The molecule has 0 atom stereocenters. The summed E-state index contributed by atoms with van der Waals surface area (Å²) in [6.07, 6.45) is 0. The van der Waals surface area contributed by atoms with Gasteiger partial charge >= 0.3 is 0 Å². The summed E-state index contributed by atoms with van der Waals surface area (Å²) in [7, 11) is 1.58. The van der Waals surface area contributed by atoms with Crippen molar-refractivity contribution >= 4 is 29.1 Å². The van der Waals surface area contributed by atoms with Crippen LogP contribution in [-0.4, -0.2) is 33.8 Å². The molecule has 1 N–H and O–H groups in total. The van der Waals surface area contributed by atoms with Crippen LogP contribution in [0.1, 0.15) is 20.8 Å². The second-order valence-electron chi connectivity index (χ2n) is 5.77. The Balaban J connectivity index is 2.15. The maximum atomic E-state index is 11.9. The van der Waals surface area contributed by atoms with E-state index >= 15 is 0 Å². The van der Waals surface area contributed by atoms with Crippen LogP contribution in [0.5, 0.6) is 5.75 Å². The molecule has 1 aromatic carbocycles. The smallest absolute Gasteiger partial charge is 0.209 e. The molecular formula is C15H18ClN3O2S. The van der Waals surface area contributed by atoms with Crippen LogP contribution in [0.25, 0.3) is 11.4 Å². The second kappa shape index (κ2) is 6.71. The number of hydrogen-bond donors (Lipinski definition) is 1. The van der Waals surface area contributed by atoms with E-state index in [4.69, 9.17) is 16.3 Å². The van der Waals surface area contributed by atoms with Gasteiger partial charge in [-0.2, -0.15) is 0 Å². The molecule has 2 aromatic rings. The standard InChI is InChI=1S/C15H18ClN3O2S/c1-15(2,3)12(20)8-22-14-17-13(18-19-14)10-7-9(16)5-6-11(10)21-4/h5-7H,8H2,1-4H3,(H,17,18,19). The minimum absolute atomic E-state index is 0.157. The van der Waals surface area contributed by atoms with E-state index in [1.165, 1.54) is 11.8 Å². The quantitative estimate of drug-likeness (QED) is 0.838. The lowest BCUT2D eigenvalue weighted by atomic mass is 9.92. The van der Waals surface area contributed by atoms with E-state index in [1.54, 1.807) is 25.3 Å². The van der Waals surface area contributed by atoms with E-state index in [0.29, 0.717) is 27.5 Å². The first kappa shape index (κ1) is 16.8. The molecule has 0 aliphatic heterocycles. The number of Topliss-reactive ketones (excluding diaryl/α,β-unsaturated/α-hetero) is 1. The van der Waals surface area contributed by atoms with Gasteiger partial charge in [-0.3, -0.25) is 9.89 Å². The van der Waals surface area contributed by atoms with Crippen molar-refractivity contribution in [1.82, 2.24) is 15.2 Å². The molecule has 0 aliphatic rings. The number of ether oxygens (including phenoxy) is 1. The minimum atomic E-state index is -0.359. The Hall–Kier alpha value is -1.53. The Morgan fingerprint density at radius 1 is 1.41 bits per heavy atom. The summed E-state index contributed by atoms with van der Waals surface area (Å²) in [5.74, 6) is 1.71. The molecule has 2 rings (SSSR count). The van der Waals surface area contributed by atoms with E-state index in [0.717, 1.165) is 5.56 Å². The van der Waals surface area contributed by atoms with Gasteiger partial charge in [0.15, 0.2) is 5.82 Å². The second-order valence-corrected chi connectivity index (χ2v) is 7.15. The highest BCUT2D eigenvalue weighted by atomic mass is 35.5. The molecule has 1 heterocycles. The molecular weight excluding hydrogens is 322 g/mol. The van der Waals surface area contributed by atoms with Crippen molar-refractivity contribution in [3.05, 3.63) is 23.2 Å². The van der Waals surface area contributed by atoms with Crippen LogP contribution in [0.4, 0.5) is 0 Å². The molecule has 0 spiro atoms. The summed E-state index contributed by atoms with van der Waals surface area (Å²) in [5.41, 5.74) is 0.374. The number of ketones is 1. The van der Waals surface area contributed by atoms with Crippen LogP contribution in [0, 0.1) is 5.41 Å². The summed E-state index contributed by atoms with van der Waals surface area (Å²) in [4.78, 5) is 16.3. The highest BCUT2D eigenvalue weighted by Crippen LogP contribution is 2.31. The molecule has 0 saturated carbocycles. The van der Waals surface area contributed by atoms with Crippen molar-refractivity contribution < 1.29 is 9.53 Å². The zero-order valence-electron chi connectivity index (χ0n) is 12.9. The lowest BCUT2D eigenvalue weighted by Gasteiger charge is -2.15. The van der Waals surface area contributed by atoms with Gasteiger partial charge in [0.2, 0.25) is 5.16 Å². The van der Waals surface area contributed by atoms with Gasteiger partial charge in [-0.05, 0) is 18.2 Å². The number of halogens is 1. The number of benzene rings is 1. The molecule has 1 aromatic heterocycles. The van der Waals surface area contributed by atoms with Crippen molar-refractivity contribution in [1.29, 1.82) is 0 Å². The summed E-state index contributed by atoms with van der Waals surface area (Å²) in [6, 6.07) is 5.28. The topological polar surface area (TPSA) is 67.9 Å². The summed E-state index contributed by atoms with van der Waals surface area (Å²) < 4.78 is 5.30. The van der Waals surface area contributed by atoms with Gasteiger partial charge < -0.3 is 4.74 Å². The van der Waals surface area contributed by atoms with E-state index < -0.39 is 0 Å². The molecule has 0 aliphatic carbocycles. The lowest BCUT2D eigenvalue weighted by molar-refractivity contribution is -0.123. The Bertz CT molecular complexity index is 680. The fourth-order valence-electron chi connectivity index (χ4n) is 1.64. The van der Waals surface area contributed by atoms with Gasteiger partial charge in [-0.1, -0.05) is 44.1 Å². The zero-order valence-corrected chi connectivity index (χ0v) is 14.5. The Kier molecular flexibility index (Phi) is 5.13. The van der Waals surface area contributed by atoms with E-state index in [1.807, 2.05) is 20.8 Å². The van der Waals surface area contributed by atoms with Crippen LogP contribution >= 0.6 is 23.4 Å². The van der Waals surface area contributed by atoms with E-state index in [9.17, 15) is 4.79 Å². The third-order valence-electron chi connectivity index (χ3n) is 3.05. The fourth-order valence-corrected chi connectivity index (χ4v) is 2.77. The number of aromatic amines is 1. The largest absolute Gasteiger partial charge is 0.496 e. The SMILES string of the molecule is COc1ccc(Cl)cc1-c1nc(SCC(=O)C(C)(C)C)n[nH]1. The number of carbonyl (C=O) groups is 1. The first-order valence-electron chi connectivity index (χ1n) is 6.73. The monoisotopic (exact) mass is 339 g/mol. The molecule has 22 heavy (non-hydrogen) atoms. The number of thioether (sulfide) groups is 1. The Labute approximate surface area is 138 Å². The van der Waals surface area contributed by atoms with Gasteiger partial charge in [0.25, 0.3) is 0 Å². The van der Waals surface area contributed by atoms with Gasteiger partial charge in [0.05, 0.1) is 18.4 Å². The van der Waals surface area contributed by atoms with Crippen LogP contribution in [0.2, 0.25) is 5.02 Å². The highest BCUT2D eigenvalue weighted by Gasteiger charge is 2.22. The third kappa shape index (κ3) is 4.01. The zero-order chi connectivity index (χ0) is 16.3. The number of aromatic nitrogens is 3. The first-order valence-corrected chi connectivity index (χ1v) is 8.10. The van der Waals surface area contributed by atoms with Crippen LogP contribution in [-0.2, 0) is 4.79 Å². The predicted octanol–water partition coefficient (Wildman–Crippen LogP) is 3.84. The first-order chi connectivity index (χ1) is 10.3. The highest BCUT2D eigenvalue weighted by molar-refractivity contribution is 7.99. The molecule has 0 bridgehead atoms. The van der Waals surface area contributed by atoms with Crippen LogP contribution < -0.4 is 4.74 Å². The number of nitrogens with one attached hydrogen (secondary N) is 1. The third-order valence-corrected chi connectivity index (χ3v) is 4.13. The normalized spacial score (nSPS) is 11.5. The molecule has 0 radical (unpaired) electrons. The molecule has 7 heteroatoms. The van der Waals surface area contributed by atoms with Crippen LogP contribution in [0.15, 0.2) is 23.4 Å². The van der Waals surface area contributed by atoms with Gasteiger partial charge in [-0.25, -0.2) is 4.98 Å². The average molecular weight is 340 g/mol. The predicted molar refractivity (Wildman–Crippen MR) is 88.6 cm³/mol. The van der Waals surface area contributed by atoms with E-state index in [-0.39, 0.29) is 11.2 Å².